The number of anilines is 2. The Bertz CT molecular complexity index is 804. The maximum Gasteiger partial charge on any atom is 0.292 e. The molecule has 28 heavy (non-hydrogen) atoms. The fourth-order valence-electron chi connectivity index (χ4n) is 3.57. The Kier molecular flexibility index (Phi) is 6.47. The summed E-state index contributed by atoms with van der Waals surface area (Å²) in [5.74, 6) is 0.0322. The minimum Gasteiger partial charge on any atom is -0.373 e. The Morgan fingerprint density at radius 3 is 2.46 bits per heavy atom. The second-order valence-electron chi connectivity index (χ2n) is 7.06. The van der Waals surface area contributed by atoms with Crippen LogP contribution >= 0.6 is 0 Å². The molecule has 0 bridgehead atoms. The lowest BCUT2D eigenvalue weighted by Gasteiger charge is -2.32. The average Bonchev–Trinajstić information content (AvgIpc) is 2.74. The minimum atomic E-state index is -0.350. The molecule has 1 aliphatic rings. The van der Waals surface area contributed by atoms with Gasteiger partial charge in [0.2, 0.25) is 5.91 Å². The molecule has 0 radical (unpaired) electrons. The van der Waals surface area contributed by atoms with Gasteiger partial charge < -0.3 is 15.1 Å². The minimum absolute atomic E-state index is 0.0407. The summed E-state index contributed by atoms with van der Waals surface area (Å²) < 4.78 is 0. The second kappa shape index (κ2) is 9.21. The lowest BCUT2D eigenvalue weighted by Crippen LogP contribution is -2.42. The van der Waals surface area contributed by atoms with E-state index in [9.17, 15) is 14.9 Å². The van der Waals surface area contributed by atoms with Gasteiger partial charge >= 0.3 is 0 Å². The van der Waals surface area contributed by atoms with Crippen LogP contribution in [-0.4, -0.2) is 44.1 Å². The first-order chi connectivity index (χ1) is 13.6. The van der Waals surface area contributed by atoms with E-state index in [1.807, 2.05) is 48.3 Å². The number of hydrogen-bond acceptors (Lipinski definition) is 5. The Balaban J connectivity index is 1.46. The van der Waals surface area contributed by atoms with E-state index in [1.54, 1.807) is 12.1 Å². The van der Waals surface area contributed by atoms with Crippen molar-refractivity contribution >= 4 is 23.0 Å². The highest BCUT2D eigenvalue weighted by atomic mass is 16.6. The topological polar surface area (TPSA) is 78.7 Å². The number of nitro benzene ring substituents is 1. The van der Waals surface area contributed by atoms with Gasteiger partial charge in [0.1, 0.15) is 5.69 Å². The van der Waals surface area contributed by atoms with Gasteiger partial charge in [-0.15, -0.1) is 0 Å². The number of rotatable bonds is 7. The highest BCUT2D eigenvalue weighted by Crippen LogP contribution is 2.31. The van der Waals surface area contributed by atoms with E-state index < -0.39 is 0 Å². The molecule has 0 aliphatic carbocycles. The van der Waals surface area contributed by atoms with Crippen molar-refractivity contribution < 1.29 is 9.72 Å². The van der Waals surface area contributed by atoms with Crippen LogP contribution in [0.4, 0.5) is 17.1 Å². The summed E-state index contributed by atoms with van der Waals surface area (Å²) in [5, 5.41) is 14.3. The summed E-state index contributed by atoms with van der Waals surface area (Å²) in [4.78, 5) is 27.5. The van der Waals surface area contributed by atoms with E-state index in [-0.39, 0.29) is 22.4 Å². The van der Waals surface area contributed by atoms with E-state index >= 15 is 0 Å². The highest BCUT2D eigenvalue weighted by Gasteiger charge is 2.27. The van der Waals surface area contributed by atoms with Crippen molar-refractivity contribution in [2.45, 2.75) is 12.8 Å². The molecule has 1 heterocycles. The van der Waals surface area contributed by atoms with Crippen molar-refractivity contribution in [1.29, 1.82) is 0 Å². The first kappa shape index (κ1) is 19.7. The second-order valence-corrected chi connectivity index (χ2v) is 7.06. The summed E-state index contributed by atoms with van der Waals surface area (Å²) in [6, 6.07) is 16.8. The lowest BCUT2D eigenvalue weighted by molar-refractivity contribution is -0.384. The van der Waals surface area contributed by atoms with Gasteiger partial charge in [-0.05, 0) is 31.0 Å². The highest BCUT2D eigenvalue weighted by molar-refractivity contribution is 5.79. The Labute approximate surface area is 165 Å². The summed E-state index contributed by atoms with van der Waals surface area (Å²) >= 11 is 0. The molecule has 0 saturated carbocycles. The molecular formula is C21H26N4O3. The Hall–Kier alpha value is -3.09. The first-order valence-corrected chi connectivity index (χ1v) is 9.58. The molecule has 1 aliphatic heterocycles. The average molecular weight is 382 g/mol. The standard InChI is InChI=1S/C21H26N4O3/c1-23(18-7-3-2-4-8-18)16-13-22-21(26)17-11-14-24(15-12-17)19-9-5-6-10-20(19)25(27)28/h2-10,17H,11-16H2,1H3,(H,22,26). The van der Waals surface area contributed by atoms with Crippen LogP contribution in [0.3, 0.4) is 0 Å². The van der Waals surface area contributed by atoms with Crippen molar-refractivity contribution in [3.8, 4) is 0 Å². The predicted molar refractivity (Wildman–Crippen MR) is 111 cm³/mol. The lowest BCUT2D eigenvalue weighted by atomic mass is 9.95. The Morgan fingerprint density at radius 1 is 1.14 bits per heavy atom. The van der Waals surface area contributed by atoms with E-state index in [0.717, 1.165) is 12.2 Å². The number of hydrogen-bond donors (Lipinski definition) is 1. The van der Waals surface area contributed by atoms with Crippen LogP contribution < -0.4 is 15.1 Å². The van der Waals surface area contributed by atoms with Gasteiger partial charge in [0.15, 0.2) is 0 Å². The molecule has 7 nitrogen and oxygen atoms in total. The van der Waals surface area contributed by atoms with Gasteiger partial charge in [-0.2, -0.15) is 0 Å². The molecule has 0 aromatic heterocycles. The summed E-state index contributed by atoms with van der Waals surface area (Å²) in [6.45, 7) is 2.62. The van der Waals surface area contributed by atoms with Crippen molar-refractivity contribution in [3.63, 3.8) is 0 Å². The third kappa shape index (κ3) is 4.79. The van der Waals surface area contributed by atoms with Gasteiger partial charge in [0.05, 0.1) is 4.92 Å². The Morgan fingerprint density at radius 2 is 1.79 bits per heavy atom. The predicted octanol–water partition coefficient (Wildman–Crippen LogP) is 3.06. The van der Waals surface area contributed by atoms with Gasteiger partial charge in [0.25, 0.3) is 5.69 Å². The van der Waals surface area contributed by atoms with Crippen LogP contribution in [0.15, 0.2) is 54.6 Å². The van der Waals surface area contributed by atoms with Crippen LogP contribution in [-0.2, 0) is 4.79 Å². The molecule has 0 unspecified atom stereocenters. The van der Waals surface area contributed by atoms with Crippen molar-refractivity contribution in [1.82, 2.24) is 5.32 Å². The number of nitro groups is 1. The molecular weight excluding hydrogens is 356 g/mol. The van der Waals surface area contributed by atoms with Crippen LogP contribution in [0.1, 0.15) is 12.8 Å². The number of nitrogens with zero attached hydrogens (tertiary/aromatic N) is 3. The quantitative estimate of drug-likeness (QED) is 0.588. The van der Waals surface area contributed by atoms with Gasteiger partial charge in [0, 0.05) is 50.9 Å². The first-order valence-electron chi connectivity index (χ1n) is 9.58. The number of nitrogens with one attached hydrogen (secondary N) is 1. The molecule has 1 N–H and O–H groups in total. The maximum absolute atomic E-state index is 12.5. The number of amides is 1. The molecule has 7 heteroatoms. The number of carbonyl (C=O) groups excluding carboxylic acids is 1. The van der Waals surface area contributed by atoms with E-state index in [2.05, 4.69) is 10.2 Å². The van der Waals surface area contributed by atoms with E-state index in [1.165, 1.54) is 6.07 Å². The fourth-order valence-corrected chi connectivity index (χ4v) is 3.57. The number of likely N-dealkylation sites (N-methyl/N-ethyl adjacent to an activating group) is 1. The van der Waals surface area contributed by atoms with Crippen LogP contribution in [0.2, 0.25) is 0 Å². The molecule has 3 rings (SSSR count). The molecule has 0 atom stereocenters. The van der Waals surface area contributed by atoms with Crippen LogP contribution in [0.25, 0.3) is 0 Å². The molecule has 1 saturated heterocycles. The zero-order valence-corrected chi connectivity index (χ0v) is 16.1. The summed E-state index contributed by atoms with van der Waals surface area (Å²) in [6.07, 6.45) is 1.40. The van der Waals surface area contributed by atoms with Crippen molar-refractivity contribution in [2.75, 3.05) is 43.0 Å². The SMILES string of the molecule is CN(CCNC(=O)C1CCN(c2ccccc2[N+](=O)[O-])CC1)c1ccccc1. The largest absolute Gasteiger partial charge is 0.373 e. The number of benzene rings is 2. The third-order valence-electron chi connectivity index (χ3n) is 5.23. The molecule has 2 aromatic carbocycles. The van der Waals surface area contributed by atoms with E-state index in [0.29, 0.717) is 38.2 Å². The zero-order chi connectivity index (χ0) is 19.9. The summed E-state index contributed by atoms with van der Waals surface area (Å²) in [5.41, 5.74) is 1.87. The van der Waals surface area contributed by atoms with Crippen LogP contribution in [0, 0.1) is 16.0 Å². The number of piperidine rings is 1. The molecule has 2 aromatic rings. The van der Waals surface area contributed by atoms with E-state index in [4.69, 9.17) is 0 Å². The maximum atomic E-state index is 12.5. The van der Waals surface area contributed by atoms with Gasteiger partial charge in [-0.25, -0.2) is 0 Å². The monoisotopic (exact) mass is 382 g/mol. The van der Waals surface area contributed by atoms with Gasteiger partial charge in [-0.3, -0.25) is 14.9 Å². The molecule has 148 valence electrons. The molecule has 0 spiro atoms. The van der Waals surface area contributed by atoms with Gasteiger partial charge in [-0.1, -0.05) is 30.3 Å². The van der Waals surface area contributed by atoms with Crippen molar-refractivity contribution in [2.24, 2.45) is 5.92 Å². The number of para-hydroxylation sites is 3. The summed E-state index contributed by atoms with van der Waals surface area (Å²) in [7, 11) is 2.01. The smallest absolute Gasteiger partial charge is 0.292 e. The zero-order valence-electron chi connectivity index (χ0n) is 16.1. The van der Waals surface area contributed by atoms with Crippen molar-refractivity contribution in [3.05, 3.63) is 64.7 Å². The molecule has 1 fully saturated rings. The third-order valence-corrected chi connectivity index (χ3v) is 5.23. The number of carbonyl (C=O) groups is 1. The normalized spacial score (nSPS) is 14.5. The van der Waals surface area contributed by atoms with Crippen LogP contribution in [0.5, 0.6) is 0 Å². The fraction of sp³-hybridized carbons (Fsp3) is 0.381. The molecule has 1 amide bonds.